The first-order valence-corrected chi connectivity index (χ1v) is 6.91. The van der Waals surface area contributed by atoms with Gasteiger partial charge in [0.1, 0.15) is 0 Å². The number of hydrogen-bond donors (Lipinski definition) is 1. The van der Waals surface area contributed by atoms with Crippen LogP contribution in [0.2, 0.25) is 5.02 Å². The molecule has 2 N–H and O–H groups in total. The van der Waals surface area contributed by atoms with Crippen molar-refractivity contribution in [2.75, 3.05) is 38.1 Å². The molecule has 0 aliphatic carbocycles. The molecule has 2 rings (SSSR count). The molecule has 0 bridgehead atoms. The Morgan fingerprint density at radius 2 is 2.17 bits per heavy atom. The van der Waals surface area contributed by atoms with Crippen LogP contribution in [-0.2, 0) is 0 Å². The molecular formula is C14H22ClN3. The molecule has 18 heavy (non-hydrogen) atoms. The molecule has 3 nitrogen and oxygen atoms in total. The number of nitrogens with two attached hydrogens (primary N) is 1. The molecule has 1 saturated heterocycles. The van der Waals surface area contributed by atoms with Crippen LogP contribution in [0.3, 0.4) is 0 Å². The molecular weight excluding hydrogens is 246 g/mol. The minimum Gasteiger partial charge on any atom is -0.366 e. The summed E-state index contributed by atoms with van der Waals surface area (Å²) >= 11 is 6.13. The molecule has 1 aromatic carbocycles. The van der Waals surface area contributed by atoms with Crippen LogP contribution in [0.1, 0.15) is 12.0 Å². The van der Waals surface area contributed by atoms with E-state index in [2.05, 4.69) is 35.9 Å². The Balaban J connectivity index is 2.26. The van der Waals surface area contributed by atoms with E-state index in [0.717, 1.165) is 37.6 Å². The number of hydrogen-bond acceptors (Lipinski definition) is 3. The van der Waals surface area contributed by atoms with Gasteiger partial charge < -0.3 is 15.5 Å². The summed E-state index contributed by atoms with van der Waals surface area (Å²) in [4.78, 5) is 4.84. The SMILES string of the molecule is Cc1ccc(Cl)cc1N1CCN(C)CC1CCN. The fraction of sp³-hybridized carbons (Fsp3) is 0.571. The van der Waals surface area contributed by atoms with Crippen LogP contribution in [-0.4, -0.2) is 44.2 Å². The third-order valence-corrected chi connectivity index (χ3v) is 3.90. The zero-order chi connectivity index (χ0) is 13.1. The van der Waals surface area contributed by atoms with Crippen molar-refractivity contribution < 1.29 is 0 Å². The van der Waals surface area contributed by atoms with Crippen LogP contribution >= 0.6 is 11.6 Å². The highest BCUT2D eigenvalue weighted by molar-refractivity contribution is 6.30. The number of halogens is 1. The van der Waals surface area contributed by atoms with E-state index in [0.29, 0.717) is 6.04 Å². The summed E-state index contributed by atoms with van der Waals surface area (Å²) in [6.45, 7) is 6.08. The molecule has 1 heterocycles. The summed E-state index contributed by atoms with van der Waals surface area (Å²) in [7, 11) is 2.17. The first kappa shape index (κ1) is 13.7. The van der Waals surface area contributed by atoms with Gasteiger partial charge in [0.2, 0.25) is 0 Å². The van der Waals surface area contributed by atoms with Crippen LogP contribution in [0, 0.1) is 6.92 Å². The Bertz CT molecular complexity index is 408. The van der Waals surface area contributed by atoms with Crippen molar-refractivity contribution in [3.8, 4) is 0 Å². The monoisotopic (exact) mass is 267 g/mol. The molecule has 0 amide bonds. The number of aryl methyl sites for hydroxylation is 1. The number of likely N-dealkylation sites (N-methyl/N-ethyl adjacent to an activating group) is 1. The normalized spacial score (nSPS) is 21.3. The van der Waals surface area contributed by atoms with E-state index in [1.54, 1.807) is 0 Å². The van der Waals surface area contributed by atoms with Crippen molar-refractivity contribution in [1.29, 1.82) is 0 Å². The zero-order valence-electron chi connectivity index (χ0n) is 11.2. The largest absolute Gasteiger partial charge is 0.366 e. The van der Waals surface area contributed by atoms with Crippen LogP contribution in [0.4, 0.5) is 5.69 Å². The molecule has 0 saturated carbocycles. The molecule has 1 unspecified atom stereocenters. The lowest BCUT2D eigenvalue weighted by molar-refractivity contribution is 0.261. The Labute approximate surface area is 115 Å². The highest BCUT2D eigenvalue weighted by Gasteiger charge is 2.25. The summed E-state index contributed by atoms with van der Waals surface area (Å²) in [5.41, 5.74) is 8.28. The van der Waals surface area contributed by atoms with Gasteiger partial charge in [-0.2, -0.15) is 0 Å². The molecule has 1 aliphatic rings. The smallest absolute Gasteiger partial charge is 0.0429 e. The summed E-state index contributed by atoms with van der Waals surface area (Å²) < 4.78 is 0. The van der Waals surface area contributed by atoms with Crippen LogP contribution < -0.4 is 10.6 Å². The lowest BCUT2D eigenvalue weighted by atomic mass is 10.1. The van der Waals surface area contributed by atoms with E-state index in [9.17, 15) is 0 Å². The molecule has 1 aromatic rings. The quantitative estimate of drug-likeness (QED) is 0.911. The van der Waals surface area contributed by atoms with Crippen molar-refractivity contribution in [2.24, 2.45) is 5.73 Å². The van der Waals surface area contributed by atoms with Crippen LogP contribution in [0.5, 0.6) is 0 Å². The van der Waals surface area contributed by atoms with Gasteiger partial charge in [0.05, 0.1) is 0 Å². The lowest BCUT2D eigenvalue weighted by Gasteiger charge is -2.42. The fourth-order valence-electron chi connectivity index (χ4n) is 2.66. The highest BCUT2D eigenvalue weighted by Crippen LogP contribution is 2.28. The summed E-state index contributed by atoms with van der Waals surface area (Å²) in [5.74, 6) is 0. The van der Waals surface area contributed by atoms with Gasteiger partial charge in [-0.05, 0) is 44.6 Å². The van der Waals surface area contributed by atoms with Gasteiger partial charge in [-0.25, -0.2) is 0 Å². The maximum absolute atomic E-state index is 6.13. The minimum absolute atomic E-state index is 0.492. The third kappa shape index (κ3) is 2.97. The van der Waals surface area contributed by atoms with Gasteiger partial charge in [-0.3, -0.25) is 0 Å². The Kier molecular flexibility index (Phi) is 4.49. The zero-order valence-corrected chi connectivity index (χ0v) is 12.0. The molecule has 0 aromatic heterocycles. The second-order valence-corrected chi connectivity index (χ2v) is 5.55. The maximum Gasteiger partial charge on any atom is 0.0429 e. The van der Waals surface area contributed by atoms with E-state index in [-0.39, 0.29) is 0 Å². The van der Waals surface area contributed by atoms with E-state index in [4.69, 9.17) is 17.3 Å². The van der Waals surface area contributed by atoms with Crippen molar-refractivity contribution in [2.45, 2.75) is 19.4 Å². The average molecular weight is 268 g/mol. The number of piperazine rings is 1. The Morgan fingerprint density at radius 1 is 1.39 bits per heavy atom. The third-order valence-electron chi connectivity index (χ3n) is 3.67. The molecule has 4 heteroatoms. The predicted octanol–water partition coefficient (Wildman–Crippen LogP) is 2.12. The van der Waals surface area contributed by atoms with Gasteiger partial charge in [0.25, 0.3) is 0 Å². The number of benzene rings is 1. The van der Waals surface area contributed by atoms with Crippen LogP contribution in [0.15, 0.2) is 18.2 Å². The average Bonchev–Trinajstić information content (AvgIpc) is 2.33. The first-order chi connectivity index (χ1) is 8.61. The van der Waals surface area contributed by atoms with Crippen molar-refractivity contribution in [1.82, 2.24) is 4.90 Å². The van der Waals surface area contributed by atoms with E-state index in [1.165, 1.54) is 11.3 Å². The fourth-order valence-corrected chi connectivity index (χ4v) is 2.83. The van der Waals surface area contributed by atoms with Gasteiger partial charge in [0, 0.05) is 36.4 Å². The van der Waals surface area contributed by atoms with E-state index in [1.807, 2.05) is 6.07 Å². The Hall–Kier alpha value is -0.770. The van der Waals surface area contributed by atoms with E-state index < -0.39 is 0 Å². The lowest BCUT2D eigenvalue weighted by Crippen LogP contribution is -2.52. The summed E-state index contributed by atoms with van der Waals surface area (Å²) in [6.07, 6.45) is 1.02. The van der Waals surface area contributed by atoms with Crippen molar-refractivity contribution >= 4 is 17.3 Å². The molecule has 1 aliphatic heterocycles. The Morgan fingerprint density at radius 3 is 2.89 bits per heavy atom. The topological polar surface area (TPSA) is 32.5 Å². The second kappa shape index (κ2) is 5.91. The summed E-state index contributed by atoms with van der Waals surface area (Å²) in [6, 6.07) is 6.61. The molecule has 1 fully saturated rings. The number of anilines is 1. The van der Waals surface area contributed by atoms with Crippen molar-refractivity contribution in [3.05, 3.63) is 28.8 Å². The highest BCUT2D eigenvalue weighted by atomic mass is 35.5. The van der Waals surface area contributed by atoms with Gasteiger partial charge in [0.15, 0.2) is 0 Å². The predicted molar refractivity (Wildman–Crippen MR) is 78.5 cm³/mol. The number of nitrogens with zero attached hydrogens (tertiary/aromatic N) is 2. The van der Waals surface area contributed by atoms with Crippen LogP contribution in [0.25, 0.3) is 0 Å². The molecule has 0 spiro atoms. The molecule has 1 atom stereocenters. The van der Waals surface area contributed by atoms with Gasteiger partial charge in [-0.1, -0.05) is 17.7 Å². The van der Waals surface area contributed by atoms with Crippen molar-refractivity contribution in [3.63, 3.8) is 0 Å². The number of rotatable bonds is 3. The van der Waals surface area contributed by atoms with E-state index >= 15 is 0 Å². The maximum atomic E-state index is 6.13. The van der Waals surface area contributed by atoms with Gasteiger partial charge in [-0.15, -0.1) is 0 Å². The first-order valence-electron chi connectivity index (χ1n) is 6.53. The summed E-state index contributed by atoms with van der Waals surface area (Å²) in [5, 5.41) is 0.807. The minimum atomic E-state index is 0.492. The molecule has 100 valence electrons. The molecule has 0 radical (unpaired) electrons. The van der Waals surface area contributed by atoms with Gasteiger partial charge >= 0.3 is 0 Å². The second-order valence-electron chi connectivity index (χ2n) is 5.12. The standard InChI is InChI=1S/C14H22ClN3/c1-11-3-4-12(15)9-14(11)18-8-7-17(2)10-13(18)5-6-16/h3-4,9,13H,5-8,10,16H2,1-2H3.